The average Bonchev–Trinajstić information content (AvgIpc) is 2.53. The molecule has 0 unspecified atom stereocenters. The maximum absolute atomic E-state index is 12.2. The molecule has 4 nitrogen and oxygen atoms in total. The smallest absolute Gasteiger partial charge is 0.225 e. The van der Waals surface area contributed by atoms with Gasteiger partial charge in [-0.1, -0.05) is 45.7 Å². The molecule has 2 aromatic carbocycles. The second kappa shape index (κ2) is 8.31. The van der Waals surface area contributed by atoms with Gasteiger partial charge in [-0.2, -0.15) is 0 Å². The lowest BCUT2D eigenvalue weighted by Crippen LogP contribution is -2.35. The van der Waals surface area contributed by atoms with Gasteiger partial charge in [0.2, 0.25) is 5.91 Å². The molecule has 6 heteroatoms. The fraction of sp³-hybridized carbons (Fsp3) is 0.222. The minimum Gasteiger partial charge on any atom is -0.550 e. The van der Waals surface area contributed by atoms with Crippen molar-refractivity contribution in [3.8, 4) is 0 Å². The largest absolute Gasteiger partial charge is 0.550 e. The number of hydrogen-bond donors (Lipinski definition) is 1. The number of amides is 1. The summed E-state index contributed by atoms with van der Waals surface area (Å²) < 4.78 is 0.908. The van der Waals surface area contributed by atoms with Crippen molar-refractivity contribution in [2.45, 2.75) is 19.8 Å². The molecule has 1 amide bonds. The Hall–Kier alpha value is -1.85. The van der Waals surface area contributed by atoms with Crippen LogP contribution in [0.15, 0.2) is 46.9 Å². The standard InChI is InChI=1S/C18H17BrClNO3/c1-11-15(20)3-2-4-16(11)21-17(22)10-13(18(23)24)9-12-5-7-14(19)8-6-12/h2-8,13H,9-10H2,1H3,(H,21,22)(H,23,24)/p-1/t13-/m0/s1. The van der Waals surface area contributed by atoms with E-state index in [0.717, 1.165) is 15.6 Å². The Morgan fingerprint density at radius 1 is 1.21 bits per heavy atom. The Bertz CT molecular complexity index is 746. The number of carboxylic acids is 1. The van der Waals surface area contributed by atoms with Gasteiger partial charge in [0.1, 0.15) is 0 Å². The van der Waals surface area contributed by atoms with Crippen LogP contribution in [-0.4, -0.2) is 11.9 Å². The monoisotopic (exact) mass is 408 g/mol. The first kappa shape index (κ1) is 18.5. The summed E-state index contributed by atoms with van der Waals surface area (Å²) in [6, 6.07) is 12.5. The number of hydrogen-bond acceptors (Lipinski definition) is 3. The zero-order valence-corrected chi connectivity index (χ0v) is 15.4. The topological polar surface area (TPSA) is 69.2 Å². The van der Waals surface area contributed by atoms with Crippen LogP contribution in [-0.2, 0) is 16.0 Å². The number of anilines is 1. The Labute approximate surface area is 154 Å². The van der Waals surface area contributed by atoms with Gasteiger partial charge >= 0.3 is 0 Å². The fourth-order valence-electron chi connectivity index (χ4n) is 2.31. The molecule has 0 fully saturated rings. The van der Waals surface area contributed by atoms with Crippen LogP contribution in [0.5, 0.6) is 0 Å². The summed E-state index contributed by atoms with van der Waals surface area (Å²) in [7, 11) is 0. The number of halogens is 2. The van der Waals surface area contributed by atoms with Gasteiger partial charge in [0.05, 0.1) is 0 Å². The highest BCUT2D eigenvalue weighted by atomic mass is 79.9. The highest BCUT2D eigenvalue weighted by Gasteiger charge is 2.17. The van der Waals surface area contributed by atoms with E-state index in [4.69, 9.17) is 11.6 Å². The van der Waals surface area contributed by atoms with E-state index >= 15 is 0 Å². The van der Waals surface area contributed by atoms with E-state index in [1.807, 2.05) is 24.3 Å². The maximum atomic E-state index is 12.2. The average molecular weight is 410 g/mol. The van der Waals surface area contributed by atoms with Crippen molar-refractivity contribution >= 4 is 45.1 Å². The lowest BCUT2D eigenvalue weighted by Gasteiger charge is -2.18. The van der Waals surface area contributed by atoms with Gasteiger partial charge in [-0.25, -0.2) is 0 Å². The van der Waals surface area contributed by atoms with Gasteiger partial charge in [-0.05, 0) is 48.7 Å². The van der Waals surface area contributed by atoms with Crippen LogP contribution in [0, 0.1) is 12.8 Å². The SMILES string of the molecule is Cc1c(Cl)cccc1NC(=O)C[C@H](Cc1ccc(Br)cc1)C(=O)[O-]. The molecule has 0 saturated carbocycles. The van der Waals surface area contributed by atoms with Crippen LogP contribution in [0.3, 0.4) is 0 Å². The number of carbonyl (C=O) groups is 2. The minimum absolute atomic E-state index is 0.162. The van der Waals surface area contributed by atoms with E-state index in [2.05, 4.69) is 21.2 Å². The summed E-state index contributed by atoms with van der Waals surface area (Å²) in [5.41, 5.74) is 2.15. The second-order valence-corrected chi connectivity index (χ2v) is 6.83. The molecule has 0 aliphatic heterocycles. The molecule has 0 heterocycles. The van der Waals surface area contributed by atoms with Crippen molar-refractivity contribution < 1.29 is 14.7 Å². The highest BCUT2D eigenvalue weighted by Crippen LogP contribution is 2.23. The van der Waals surface area contributed by atoms with Crippen molar-refractivity contribution in [3.63, 3.8) is 0 Å². The van der Waals surface area contributed by atoms with Crippen LogP contribution >= 0.6 is 27.5 Å². The maximum Gasteiger partial charge on any atom is 0.225 e. The normalized spacial score (nSPS) is 11.8. The number of nitrogens with one attached hydrogen (secondary N) is 1. The molecule has 24 heavy (non-hydrogen) atoms. The van der Waals surface area contributed by atoms with E-state index in [-0.39, 0.29) is 18.7 Å². The molecule has 1 atom stereocenters. The first-order valence-electron chi connectivity index (χ1n) is 7.37. The molecule has 0 radical (unpaired) electrons. The predicted molar refractivity (Wildman–Crippen MR) is 95.8 cm³/mol. The second-order valence-electron chi connectivity index (χ2n) is 5.51. The predicted octanol–water partition coefficient (Wildman–Crippen LogP) is 3.35. The van der Waals surface area contributed by atoms with Gasteiger partial charge in [-0.15, -0.1) is 0 Å². The quantitative estimate of drug-likeness (QED) is 0.795. The number of carbonyl (C=O) groups excluding carboxylic acids is 2. The van der Waals surface area contributed by atoms with Crippen molar-refractivity contribution in [1.82, 2.24) is 0 Å². The molecule has 126 valence electrons. The van der Waals surface area contributed by atoms with Crippen molar-refractivity contribution in [2.75, 3.05) is 5.32 Å². The third-order valence-electron chi connectivity index (χ3n) is 3.70. The Balaban J connectivity index is 2.04. The third-order valence-corrected chi connectivity index (χ3v) is 4.64. The first-order chi connectivity index (χ1) is 11.4. The number of carboxylic acid groups (broad SMARTS) is 1. The van der Waals surface area contributed by atoms with Gasteiger partial charge in [0, 0.05) is 33.5 Å². The zero-order valence-electron chi connectivity index (χ0n) is 13.0. The van der Waals surface area contributed by atoms with Gasteiger partial charge in [0.15, 0.2) is 0 Å². The van der Waals surface area contributed by atoms with Crippen LogP contribution in [0.4, 0.5) is 5.69 Å². The zero-order chi connectivity index (χ0) is 17.7. The van der Waals surface area contributed by atoms with Gasteiger partial charge in [-0.3, -0.25) is 4.79 Å². The summed E-state index contributed by atoms with van der Waals surface area (Å²) in [5.74, 6) is -2.52. The number of aliphatic carboxylic acids is 1. The fourth-order valence-corrected chi connectivity index (χ4v) is 2.75. The molecule has 0 spiro atoms. The summed E-state index contributed by atoms with van der Waals surface area (Å²) in [5, 5.41) is 14.6. The minimum atomic E-state index is -1.24. The van der Waals surface area contributed by atoms with Crippen molar-refractivity contribution in [2.24, 2.45) is 5.92 Å². The van der Waals surface area contributed by atoms with Crippen LogP contribution in [0.25, 0.3) is 0 Å². The van der Waals surface area contributed by atoms with Gasteiger partial charge < -0.3 is 15.2 Å². The third kappa shape index (κ3) is 5.08. The Morgan fingerprint density at radius 3 is 2.50 bits per heavy atom. The van der Waals surface area contributed by atoms with Gasteiger partial charge in [0.25, 0.3) is 0 Å². The molecule has 0 aliphatic rings. The first-order valence-corrected chi connectivity index (χ1v) is 8.54. The number of rotatable bonds is 6. The molecule has 0 aromatic heterocycles. The van der Waals surface area contributed by atoms with Crippen LogP contribution < -0.4 is 10.4 Å². The summed E-state index contributed by atoms with van der Waals surface area (Å²) in [4.78, 5) is 23.5. The van der Waals surface area contributed by atoms with E-state index in [0.29, 0.717) is 10.7 Å². The molecular weight excluding hydrogens is 394 g/mol. The molecule has 1 N–H and O–H groups in total. The molecular formula is C18H16BrClNO3-. The summed E-state index contributed by atoms with van der Waals surface area (Å²) in [6.45, 7) is 1.79. The number of benzene rings is 2. The highest BCUT2D eigenvalue weighted by molar-refractivity contribution is 9.10. The van der Waals surface area contributed by atoms with E-state index in [1.165, 1.54) is 0 Å². The van der Waals surface area contributed by atoms with Crippen LogP contribution in [0.1, 0.15) is 17.5 Å². The van der Waals surface area contributed by atoms with E-state index in [9.17, 15) is 14.7 Å². The van der Waals surface area contributed by atoms with Crippen molar-refractivity contribution in [1.29, 1.82) is 0 Å². The van der Waals surface area contributed by atoms with E-state index in [1.54, 1.807) is 25.1 Å². The summed E-state index contributed by atoms with van der Waals surface area (Å²) >= 11 is 9.34. The van der Waals surface area contributed by atoms with E-state index < -0.39 is 11.9 Å². The summed E-state index contributed by atoms with van der Waals surface area (Å²) in [6.07, 6.45) is 0.0713. The lowest BCUT2D eigenvalue weighted by atomic mass is 9.96. The van der Waals surface area contributed by atoms with Crippen LogP contribution in [0.2, 0.25) is 5.02 Å². The molecule has 2 aromatic rings. The van der Waals surface area contributed by atoms with Crippen molar-refractivity contribution in [3.05, 3.63) is 63.1 Å². The Kier molecular flexibility index (Phi) is 6.40. The molecule has 2 rings (SSSR count). The molecule has 0 bridgehead atoms. The molecule has 0 saturated heterocycles. The molecule has 0 aliphatic carbocycles. The lowest BCUT2D eigenvalue weighted by molar-refractivity contribution is -0.311. The Morgan fingerprint density at radius 2 is 1.88 bits per heavy atom.